The summed E-state index contributed by atoms with van der Waals surface area (Å²) in [5.74, 6) is 0.435. The maximum atomic E-state index is 12.4. The van der Waals surface area contributed by atoms with Crippen LogP contribution in [0.5, 0.6) is 5.75 Å². The Morgan fingerprint density at radius 2 is 1.67 bits per heavy atom. The molecule has 1 aliphatic heterocycles. The van der Waals surface area contributed by atoms with Crippen molar-refractivity contribution < 1.29 is 9.53 Å². The van der Waals surface area contributed by atoms with Crippen LogP contribution in [0.2, 0.25) is 5.02 Å². The monoisotopic (exact) mass is 589 g/mol. The van der Waals surface area contributed by atoms with Gasteiger partial charge in [0.25, 0.3) is 5.91 Å². The van der Waals surface area contributed by atoms with Gasteiger partial charge in [0.2, 0.25) is 0 Å². The van der Waals surface area contributed by atoms with Crippen LogP contribution in [0.1, 0.15) is 34.3 Å². The summed E-state index contributed by atoms with van der Waals surface area (Å²) in [6, 6.07) is 18.9. The number of anilines is 1. The van der Waals surface area contributed by atoms with Crippen molar-refractivity contribution >= 4 is 61.3 Å². The van der Waals surface area contributed by atoms with E-state index >= 15 is 0 Å². The van der Waals surface area contributed by atoms with E-state index in [0.717, 1.165) is 38.8 Å². The fraction of sp³-hybridized carbons (Fsp3) is 0.200. The molecule has 1 N–H and O–H groups in total. The molecule has 8 heteroatoms. The minimum absolute atomic E-state index is 0.250. The van der Waals surface area contributed by atoms with Crippen molar-refractivity contribution in [3.63, 3.8) is 0 Å². The quantitative estimate of drug-likeness (QED) is 0.243. The van der Waals surface area contributed by atoms with Gasteiger partial charge in [0, 0.05) is 29.4 Å². The molecule has 3 aromatic carbocycles. The normalized spacial score (nSPS) is 13.5. The lowest BCUT2D eigenvalue weighted by Gasteiger charge is -2.17. The van der Waals surface area contributed by atoms with Gasteiger partial charge in [-0.2, -0.15) is 5.10 Å². The van der Waals surface area contributed by atoms with Gasteiger partial charge in [0.15, 0.2) is 0 Å². The first-order valence-electron chi connectivity index (χ1n) is 10.5. The molecule has 1 fully saturated rings. The summed E-state index contributed by atoms with van der Waals surface area (Å²) in [7, 11) is 0. The molecule has 4 rings (SSSR count). The highest BCUT2D eigenvalue weighted by Gasteiger charge is 2.13. The lowest BCUT2D eigenvalue weighted by Crippen LogP contribution is -2.19. The maximum absolute atomic E-state index is 12.4. The van der Waals surface area contributed by atoms with E-state index in [1.165, 1.54) is 12.8 Å². The number of ether oxygens (including phenoxy) is 1. The number of rotatable bonds is 7. The Balaban J connectivity index is 1.34. The van der Waals surface area contributed by atoms with Crippen LogP contribution in [0.4, 0.5) is 5.69 Å². The van der Waals surface area contributed by atoms with Gasteiger partial charge >= 0.3 is 0 Å². The van der Waals surface area contributed by atoms with Crippen molar-refractivity contribution in [2.75, 3.05) is 18.0 Å². The molecule has 33 heavy (non-hydrogen) atoms. The largest absolute Gasteiger partial charge is 0.487 e. The summed E-state index contributed by atoms with van der Waals surface area (Å²) < 4.78 is 7.49. The van der Waals surface area contributed by atoms with Gasteiger partial charge in [0.05, 0.1) is 15.2 Å². The van der Waals surface area contributed by atoms with Crippen molar-refractivity contribution in [1.82, 2.24) is 5.43 Å². The number of hydrogen-bond donors (Lipinski definition) is 1. The third kappa shape index (κ3) is 6.37. The molecule has 0 spiro atoms. The summed E-state index contributed by atoms with van der Waals surface area (Å²) in [6.07, 6.45) is 4.03. The minimum Gasteiger partial charge on any atom is -0.487 e. The van der Waals surface area contributed by atoms with Crippen LogP contribution in [0.15, 0.2) is 74.7 Å². The first-order valence-corrected chi connectivity index (χ1v) is 12.5. The Morgan fingerprint density at radius 1 is 1.03 bits per heavy atom. The first-order chi connectivity index (χ1) is 16.0. The number of nitrogens with zero attached hydrogens (tertiary/aromatic N) is 2. The van der Waals surface area contributed by atoms with Gasteiger partial charge in [-0.3, -0.25) is 4.79 Å². The Bertz CT molecular complexity index is 1120. The summed E-state index contributed by atoms with van der Waals surface area (Å²) in [5, 5.41) is 4.79. The highest BCUT2D eigenvalue weighted by atomic mass is 79.9. The van der Waals surface area contributed by atoms with Crippen LogP contribution in [-0.2, 0) is 6.61 Å². The van der Waals surface area contributed by atoms with Crippen LogP contribution in [-0.4, -0.2) is 25.2 Å². The molecule has 3 aromatic rings. The summed E-state index contributed by atoms with van der Waals surface area (Å²) in [4.78, 5) is 14.7. The predicted molar refractivity (Wildman–Crippen MR) is 141 cm³/mol. The smallest absolute Gasteiger partial charge is 0.271 e. The van der Waals surface area contributed by atoms with E-state index in [-0.39, 0.29) is 5.91 Å². The Morgan fingerprint density at radius 3 is 2.30 bits per heavy atom. The van der Waals surface area contributed by atoms with Crippen molar-refractivity contribution in [3.8, 4) is 5.75 Å². The Hall–Kier alpha value is -2.35. The lowest BCUT2D eigenvalue weighted by atomic mass is 10.2. The molecule has 0 bridgehead atoms. The second-order valence-corrected chi connectivity index (χ2v) is 9.81. The number of benzene rings is 3. The highest BCUT2D eigenvalue weighted by molar-refractivity contribution is 9.11. The van der Waals surface area contributed by atoms with Crippen molar-refractivity contribution in [1.29, 1.82) is 0 Å². The van der Waals surface area contributed by atoms with Gasteiger partial charge in [-0.25, -0.2) is 5.43 Å². The van der Waals surface area contributed by atoms with Gasteiger partial charge in [-0.15, -0.1) is 0 Å². The zero-order chi connectivity index (χ0) is 23.2. The lowest BCUT2D eigenvalue weighted by molar-refractivity contribution is 0.0955. The molecular weight excluding hydrogens is 570 g/mol. The summed E-state index contributed by atoms with van der Waals surface area (Å²) in [5.41, 5.74) is 6.13. The topological polar surface area (TPSA) is 53.9 Å². The molecule has 5 nitrogen and oxygen atoms in total. The van der Waals surface area contributed by atoms with E-state index in [4.69, 9.17) is 16.3 Å². The highest BCUT2D eigenvalue weighted by Crippen LogP contribution is 2.35. The minimum atomic E-state index is -0.250. The molecule has 0 aliphatic carbocycles. The van der Waals surface area contributed by atoms with E-state index in [1.54, 1.807) is 6.21 Å². The van der Waals surface area contributed by atoms with Crippen molar-refractivity contribution in [2.45, 2.75) is 19.4 Å². The van der Waals surface area contributed by atoms with E-state index in [9.17, 15) is 4.79 Å². The predicted octanol–water partition coefficient (Wildman–Crippen LogP) is 6.81. The molecule has 0 saturated carbocycles. The molecule has 0 radical (unpaired) electrons. The molecule has 1 aliphatic rings. The van der Waals surface area contributed by atoms with Crippen LogP contribution in [0.25, 0.3) is 0 Å². The molecule has 0 unspecified atom stereocenters. The number of carbonyl (C=O) groups excluding carboxylic acids is 1. The summed E-state index contributed by atoms with van der Waals surface area (Å²) >= 11 is 13.0. The second-order valence-electron chi connectivity index (χ2n) is 7.67. The molecule has 1 amide bonds. The zero-order valence-electron chi connectivity index (χ0n) is 17.7. The van der Waals surface area contributed by atoms with Crippen LogP contribution in [0, 0.1) is 0 Å². The molecule has 1 heterocycles. The molecule has 0 aromatic heterocycles. The van der Waals surface area contributed by atoms with E-state index in [1.807, 2.05) is 60.7 Å². The average Bonchev–Trinajstić information content (AvgIpc) is 3.35. The van der Waals surface area contributed by atoms with Crippen molar-refractivity contribution in [3.05, 3.63) is 91.3 Å². The van der Waals surface area contributed by atoms with E-state index in [0.29, 0.717) is 22.9 Å². The SMILES string of the molecule is O=C(N/N=C\c1cc(Br)c(OCc2ccc(Cl)cc2)c(Br)c1)c1ccc(N2CCCC2)cc1. The van der Waals surface area contributed by atoms with Crippen LogP contribution >= 0.6 is 43.5 Å². The van der Waals surface area contributed by atoms with Crippen LogP contribution in [0.3, 0.4) is 0 Å². The first kappa shape index (κ1) is 23.8. The van der Waals surface area contributed by atoms with E-state index in [2.05, 4.69) is 47.3 Å². The molecule has 1 saturated heterocycles. The Kier molecular flexibility index (Phi) is 8.06. The number of hydrogen-bond acceptors (Lipinski definition) is 4. The van der Waals surface area contributed by atoms with Gasteiger partial charge < -0.3 is 9.64 Å². The van der Waals surface area contributed by atoms with Crippen molar-refractivity contribution in [2.24, 2.45) is 5.10 Å². The molecule has 0 atom stereocenters. The number of hydrazone groups is 1. The number of carbonyl (C=O) groups is 1. The number of halogens is 3. The third-order valence-corrected chi connectivity index (χ3v) is 6.73. The second kappa shape index (κ2) is 11.2. The average molecular weight is 592 g/mol. The Labute approximate surface area is 215 Å². The number of nitrogens with one attached hydrogen (secondary N) is 1. The van der Waals surface area contributed by atoms with Crippen LogP contribution < -0.4 is 15.1 Å². The van der Waals surface area contributed by atoms with Gasteiger partial charge in [-0.1, -0.05) is 23.7 Å². The fourth-order valence-electron chi connectivity index (χ4n) is 3.56. The maximum Gasteiger partial charge on any atom is 0.271 e. The van der Waals surface area contributed by atoms with E-state index < -0.39 is 0 Å². The molecule has 170 valence electrons. The zero-order valence-corrected chi connectivity index (χ0v) is 21.7. The van der Waals surface area contributed by atoms with Gasteiger partial charge in [-0.05, 0) is 104 Å². The molecular formula is C25H22Br2ClN3O2. The van der Waals surface area contributed by atoms with Gasteiger partial charge in [0.1, 0.15) is 12.4 Å². The standard InChI is InChI=1S/C25H22Br2ClN3O2/c26-22-13-18(14-23(27)24(22)33-16-17-3-7-20(28)8-4-17)15-29-30-25(32)19-5-9-21(10-6-19)31-11-1-2-12-31/h3-10,13-15H,1-2,11-12,16H2,(H,30,32)/b29-15-. The fourth-order valence-corrected chi connectivity index (χ4v) is 5.13. The third-order valence-electron chi connectivity index (χ3n) is 5.30. The number of amides is 1. The summed E-state index contributed by atoms with van der Waals surface area (Å²) in [6.45, 7) is 2.56.